The van der Waals surface area contributed by atoms with Gasteiger partial charge in [0.1, 0.15) is 0 Å². The molecule has 0 radical (unpaired) electrons. The second-order valence-corrected chi connectivity index (χ2v) is 6.36. The first-order valence-corrected chi connectivity index (χ1v) is 8.00. The fourth-order valence-electron chi connectivity index (χ4n) is 3.56. The van der Waals surface area contributed by atoms with Gasteiger partial charge in [-0.25, -0.2) is 0 Å². The zero-order valence-corrected chi connectivity index (χ0v) is 13.7. The Morgan fingerprint density at radius 3 is 1.69 bits per heavy atom. The van der Waals surface area contributed by atoms with E-state index in [9.17, 15) is 22.0 Å². The number of hydrogen-bond acceptors (Lipinski definition) is 0. The SMILES string of the molecule is Cc1c2ccccc2c(C(F)(F)C(F)(F)F)c2cc3ccccc3cc12. The van der Waals surface area contributed by atoms with E-state index >= 15 is 0 Å². The largest absolute Gasteiger partial charge is 0.458 e. The molecule has 0 aliphatic carbocycles. The van der Waals surface area contributed by atoms with Crippen LogP contribution in [-0.4, -0.2) is 6.18 Å². The molecule has 4 aromatic carbocycles. The van der Waals surface area contributed by atoms with Gasteiger partial charge < -0.3 is 0 Å². The van der Waals surface area contributed by atoms with Crippen molar-refractivity contribution >= 4 is 32.3 Å². The van der Waals surface area contributed by atoms with Crippen LogP contribution in [0.1, 0.15) is 11.1 Å². The lowest BCUT2D eigenvalue weighted by atomic mass is 9.88. The molecule has 0 nitrogen and oxygen atoms in total. The molecule has 0 saturated heterocycles. The van der Waals surface area contributed by atoms with E-state index in [1.165, 1.54) is 18.2 Å². The van der Waals surface area contributed by atoms with Gasteiger partial charge in [-0.05, 0) is 56.9 Å². The molecule has 132 valence electrons. The van der Waals surface area contributed by atoms with Gasteiger partial charge in [0.15, 0.2) is 0 Å². The number of benzene rings is 4. The summed E-state index contributed by atoms with van der Waals surface area (Å²) in [6, 6.07) is 16.2. The molecule has 0 aliphatic rings. The van der Waals surface area contributed by atoms with Crippen LogP contribution in [0.5, 0.6) is 0 Å². The standard InChI is InChI=1S/C21H13F5/c1-12-15-8-4-5-9-16(15)19(20(22,23)21(24,25)26)18-11-14-7-3-2-6-13(14)10-17(12)18/h2-11H,1H3. The Balaban J connectivity index is 2.29. The van der Waals surface area contributed by atoms with Crippen molar-refractivity contribution in [2.75, 3.05) is 0 Å². The predicted octanol–water partition coefficient (Wildman–Crippen LogP) is 7.11. The topological polar surface area (TPSA) is 0 Å². The lowest BCUT2D eigenvalue weighted by Crippen LogP contribution is -2.34. The minimum atomic E-state index is -5.68. The van der Waals surface area contributed by atoms with Crippen molar-refractivity contribution in [3.63, 3.8) is 0 Å². The molecule has 0 unspecified atom stereocenters. The highest BCUT2D eigenvalue weighted by Crippen LogP contribution is 2.50. The maximum Gasteiger partial charge on any atom is 0.458 e. The van der Waals surface area contributed by atoms with Crippen molar-refractivity contribution in [3.8, 4) is 0 Å². The highest BCUT2D eigenvalue weighted by molar-refractivity contribution is 6.10. The average Bonchev–Trinajstić information content (AvgIpc) is 2.59. The van der Waals surface area contributed by atoms with Gasteiger partial charge in [-0.3, -0.25) is 0 Å². The Labute approximate surface area is 145 Å². The van der Waals surface area contributed by atoms with Gasteiger partial charge in [-0.1, -0.05) is 48.5 Å². The van der Waals surface area contributed by atoms with E-state index in [0.29, 0.717) is 21.7 Å². The van der Waals surface area contributed by atoms with Crippen LogP contribution < -0.4 is 0 Å². The fourth-order valence-corrected chi connectivity index (χ4v) is 3.56. The summed E-state index contributed by atoms with van der Waals surface area (Å²) in [6.07, 6.45) is -5.68. The smallest absolute Gasteiger partial charge is 0.191 e. The van der Waals surface area contributed by atoms with Gasteiger partial charge in [0, 0.05) is 5.56 Å². The third kappa shape index (κ3) is 2.26. The van der Waals surface area contributed by atoms with Gasteiger partial charge in [0.25, 0.3) is 0 Å². The van der Waals surface area contributed by atoms with Crippen LogP contribution in [-0.2, 0) is 5.92 Å². The van der Waals surface area contributed by atoms with Crippen molar-refractivity contribution in [1.82, 2.24) is 0 Å². The Bertz CT molecular complexity index is 1160. The third-order valence-corrected chi connectivity index (χ3v) is 4.83. The lowest BCUT2D eigenvalue weighted by Gasteiger charge is -2.24. The van der Waals surface area contributed by atoms with Crippen molar-refractivity contribution in [3.05, 3.63) is 71.8 Å². The quantitative estimate of drug-likeness (QED) is 0.251. The van der Waals surface area contributed by atoms with Crippen molar-refractivity contribution in [2.24, 2.45) is 0 Å². The van der Waals surface area contributed by atoms with Gasteiger partial charge in [-0.2, -0.15) is 22.0 Å². The van der Waals surface area contributed by atoms with E-state index in [2.05, 4.69) is 0 Å². The lowest BCUT2D eigenvalue weighted by molar-refractivity contribution is -0.288. The molecule has 0 amide bonds. The molecule has 0 atom stereocenters. The summed E-state index contributed by atoms with van der Waals surface area (Å²) in [5, 5.41) is 2.07. The number of alkyl halides is 5. The molecule has 4 rings (SSSR count). The van der Waals surface area contributed by atoms with E-state index in [1.54, 1.807) is 43.3 Å². The van der Waals surface area contributed by atoms with Crippen molar-refractivity contribution in [2.45, 2.75) is 19.0 Å². The number of hydrogen-bond donors (Lipinski definition) is 0. The van der Waals surface area contributed by atoms with Crippen LogP contribution in [0.4, 0.5) is 22.0 Å². The normalized spacial score (nSPS) is 13.0. The maximum atomic E-state index is 14.5. The molecule has 0 aromatic heterocycles. The predicted molar refractivity (Wildman–Crippen MR) is 93.6 cm³/mol. The molecular weight excluding hydrogens is 347 g/mol. The Morgan fingerprint density at radius 2 is 1.12 bits per heavy atom. The number of fused-ring (bicyclic) bond motifs is 3. The summed E-state index contributed by atoms with van der Waals surface area (Å²) in [5.74, 6) is -4.96. The molecule has 0 N–H and O–H groups in total. The van der Waals surface area contributed by atoms with Crippen LogP contribution in [0.3, 0.4) is 0 Å². The van der Waals surface area contributed by atoms with Gasteiger partial charge in [-0.15, -0.1) is 0 Å². The van der Waals surface area contributed by atoms with Crippen molar-refractivity contribution in [1.29, 1.82) is 0 Å². The van der Waals surface area contributed by atoms with E-state index in [1.807, 2.05) is 6.07 Å². The second kappa shape index (κ2) is 5.40. The first-order valence-electron chi connectivity index (χ1n) is 8.00. The van der Waals surface area contributed by atoms with Crippen LogP contribution in [0.25, 0.3) is 32.3 Å². The molecule has 0 bridgehead atoms. The summed E-state index contributed by atoms with van der Waals surface area (Å²) >= 11 is 0. The van der Waals surface area contributed by atoms with Crippen LogP contribution in [0.15, 0.2) is 60.7 Å². The number of aryl methyl sites for hydroxylation is 1. The van der Waals surface area contributed by atoms with Gasteiger partial charge >= 0.3 is 12.1 Å². The van der Waals surface area contributed by atoms with E-state index in [0.717, 1.165) is 5.39 Å². The van der Waals surface area contributed by atoms with E-state index in [-0.39, 0.29) is 10.8 Å². The molecule has 5 heteroatoms. The van der Waals surface area contributed by atoms with Crippen LogP contribution >= 0.6 is 0 Å². The molecule has 0 saturated carbocycles. The number of halogens is 5. The van der Waals surface area contributed by atoms with E-state index in [4.69, 9.17) is 0 Å². The monoisotopic (exact) mass is 360 g/mol. The molecule has 0 fully saturated rings. The highest BCUT2D eigenvalue weighted by atomic mass is 19.4. The Hall–Kier alpha value is -2.69. The molecule has 4 aromatic rings. The summed E-state index contributed by atoms with van der Waals surface area (Å²) in [4.78, 5) is 0. The van der Waals surface area contributed by atoms with Crippen LogP contribution in [0, 0.1) is 6.92 Å². The zero-order chi connectivity index (χ0) is 18.7. The minimum Gasteiger partial charge on any atom is -0.191 e. The van der Waals surface area contributed by atoms with Gasteiger partial charge in [0.05, 0.1) is 0 Å². The fraction of sp³-hybridized carbons (Fsp3) is 0.143. The summed E-state index contributed by atoms with van der Waals surface area (Å²) in [6.45, 7) is 1.74. The summed E-state index contributed by atoms with van der Waals surface area (Å²) in [7, 11) is 0. The molecular formula is C21H13F5. The average molecular weight is 360 g/mol. The second-order valence-electron chi connectivity index (χ2n) is 6.36. The van der Waals surface area contributed by atoms with Crippen molar-refractivity contribution < 1.29 is 22.0 Å². The molecule has 26 heavy (non-hydrogen) atoms. The number of rotatable bonds is 1. The minimum absolute atomic E-state index is 0.0674. The van der Waals surface area contributed by atoms with Crippen LogP contribution in [0.2, 0.25) is 0 Å². The van der Waals surface area contributed by atoms with E-state index < -0.39 is 17.7 Å². The Kier molecular flexibility index (Phi) is 3.48. The Morgan fingerprint density at radius 1 is 0.615 bits per heavy atom. The maximum absolute atomic E-state index is 14.5. The molecule has 0 heterocycles. The highest BCUT2D eigenvalue weighted by Gasteiger charge is 2.60. The third-order valence-electron chi connectivity index (χ3n) is 4.83. The summed E-state index contributed by atoms with van der Waals surface area (Å²) in [5.41, 5.74) is -0.296. The first-order chi connectivity index (χ1) is 12.2. The first kappa shape index (κ1) is 16.8. The molecule has 0 spiro atoms. The zero-order valence-electron chi connectivity index (χ0n) is 13.7. The summed E-state index contributed by atoms with van der Waals surface area (Å²) < 4.78 is 68.8. The van der Waals surface area contributed by atoms with Gasteiger partial charge in [0.2, 0.25) is 0 Å². The molecule has 0 aliphatic heterocycles.